The van der Waals surface area contributed by atoms with E-state index in [9.17, 15) is 0 Å². The van der Waals surface area contributed by atoms with Crippen molar-refractivity contribution < 1.29 is 4.74 Å². The van der Waals surface area contributed by atoms with E-state index in [1.807, 2.05) is 13.0 Å². The molecule has 0 aromatic heterocycles. The number of anilines is 2. The number of nitrogens with zero attached hydrogens (tertiary/aromatic N) is 1. The van der Waals surface area contributed by atoms with Crippen LogP contribution in [0.2, 0.25) is 0 Å². The van der Waals surface area contributed by atoms with E-state index in [0.29, 0.717) is 12.6 Å². The van der Waals surface area contributed by atoms with E-state index in [1.165, 1.54) is 18.5 Å². The molecule has 1 aromatic rings. The summed E-state index contributed by atoms with van der Waals surface area (Å²) in [5, 5.41) is 0. The van der Waals surface area contributed by atoms with Crippen molar-refractivity contribution in [3.8, 4) is 5.75 Å². The van der Waals surface area contributed by atoms with Crippen LogP contribution in [-0.4, -0.2) is 19.2 Å². The molecule has 0 radical (unpaired) electrons. The molecule has 0 bridgehead atoms. The Kier molecular flexibility index (Phi) is 4.00. The van der Waals surface area contributed by atoms with Gasteiger partial charge in [0.05, 0.1) is 6.61 Å². The molecule has 3 nitrogen and oxygen atoms in total. The van der Waals surface area contributed by atoms with Crippen LogP contribution in [0.15, 0.2) is 18.2 Å². The first-order valence-corrected chi connectivity index (χ1v) is 6.91. The molecular weight excluding hydrogens is 224 g/mol. The Labute approximate surface area is 110 Å². The van der Waals surface area contributed by atoms with E-state index in [4.69, 9.17) is 10.5 Å². The lowest BCUT2D eigenvalue weighted by atomic mass is 9.91. The Morgan fingerprint density at radius 3 is 2.83 bits per heavy atom. The first kappa shape index (κ1) is 13.1. The number of benzene rings is 1. The smallest absolute Gasteiger partial charge is 0.123 e. The van der Waals surface area contributed by atoms with Crippen molar-refractivity contribution in [1.82, 2.24) is 0 Å². The van der Waals surface area contributed by atoms with Crippen molar-refractivity contribution in [3.05, 3.63) is 18.2 Å². The highest BCUT2D eigenvalue weighted by molar-refractivity contribution is 5.61. The lowest BCUT2D eigenvalue weighted by molar-refractivity contribution is 0.339. The lowest BCUT2D eigenvalue weighted by Crippen LogP contribution is -2.42. The molecule has 0 aliphatic carbocycles. The number of ether oxygens (including phenoxy) is 1. The number of nitrogens with two attached hydrogens (primary N) is 1. The second kappa shape index (κ2) is 5.51. The topological polar surface area (TPSA) is 38.5 Å². The third-order valence-corrected chi connectivity index (χ3v) is 3.93. The van der Waals surface area contributed by atoms with Gasteiger partial charge in [0.2, 0.25) is 0 Å². The van der Waals surface area contributed by atoms with Gasteiger partial charge in [-0.25, -0.2) is 0 Å². The number of piperidine rings is 1. The summed E-state index contributed by atoms with van der Waals surface area (Å²) in [4.78, 5) is 2.45. The van der Waals surface area contributed by atoms with Crippen molar-refractivity contribution in [1.29, 1.82) is 0 Å². The number of rotatable bonds is 3. The van der Waals surface area contributed by atoms with Gasteiger partial charge in [-0.15, -0.1) is 0 Å². The highest BCUT2D eigenvalue weighted by Gasteiger charge is 2.25. The fourth-order valence-electron chi connectivity index (χ4n) is 2.72. The highest BCUT2D eigenvalue weighted by Crippen LogP contribution is 2.32. The fraction of sp³-hybridized carbons (Fsp3) is 0.600. The van der Waals surface area contributed by atoms with Gasteiger partial charge in [0.15, 0.2) is 0 Å². The molecule has 3 heteroatoms. The standard InChI is InChI=1S/C15H24N2O/c1-4-18-15-9-13(16)8-14(10-15)17-7-5-6-11(2)12(17)3/h8-12H,4-7,16H2,1-3H3. The number of nitrogen functional groups attached to an aromatic ring is 1. The molecule has 2 atom stereocenters. The van der Waals surface area contributed by atoms with E-state index in [-0.39, 0.29) is 0 Å². The molecule has 1 aliphatic heterocycles. The summed E-state index contributed by atoms with van der Waals surface area (Å²) in [6.45, 7) is 8.41. The van der Waals surface area contributed by atoms with Gasteiger partial charge >= 0.3 is 0 Å². The van der Waals surface area contributed by atoms with E-state index in [2.05, 4.69) is 30.9 Å². The minimum Gasteiger partial charge on any atom is -0.494 e. The van der Waals surface area contributed by atoms with E-state index in [1.54, 1.807) is 0 Å². The molecule has 0 spiro atoms. The molecule has 1 aromatic carbocycles. The van der Waals surface area contributed by atoms with Crippen molar-refractivity contribution in [2.75, 3.05) is 23.8 Å². The quantitative estimate of drug-likeness (QED) is 0.834. The molecule has 2 unspecified atom stereocenters. The molecule has 0 saturated carbocycles. The van der Waals surface area contributed by atoms with Crippen molar-refractivity contribution in [2.45, 2.75) is 39.7 Å². The summed E-state index contributed by atoms with van der Waals surface area (Å²) < 4.78 is 5.57. The maximum atomic E-state index is 5.97. The van der Waals surface area contributed by atoms with Crippen molar-refractivity contribution in [3.63, 3.8) is 0 Å². The first-order valence-electron chi connectivity index (χ1n) is 6.91. The Balaban J connectivity index is 2.26. The van der Waals surface area contributed by atoms with Crippen LogP contribution in [0.5, 0.6) is 5.75 Å². The van der Waals surface area contributed by atoms with Crippen LogP contribution in [0.3, 0.4) is 0 Å². The second-order valence-corrected chi connectivity index (χ2v) is 5.25. The van der Waals surface area contributed by atoms with Crippen LogP contribution in [-0.2, 0) is 0 Å². The zero-order valence-electron chi connectivity index (χ0n) is 11.6. The zero-order valence-corrected chi connectivity index (χ0v) is 11.6. The van der Waals surface area contributed by atoms with E-state index < -0.39 is 0 Å². The first-order chi connectivity index (χ1) is 8.61. The maximum absolute atomic E-state index is 5.97. The van der Waals surface area contributed by atoms with Crippen LogP contribution in [0.4, 0.5) is 11.4 Å². The Bertz CT molecular complexity index is 405. The molecule has 1 fully saturated rings. The fourth-order valence-corrected chi connectivity index (χ4v) is 2.72. The van der Waals surface area contributed by atoms with Gasteiger partial charge in [0.1, 0.15) is 5.75 Å². The summed E-state index contributed by atoms with van der Waals surface area (Å²) in [7, 11) is 0. The molecular formula is C15H24N2O. The summed E-state index contributed by atoms with van der Waals surface area (Å²) in [5.41, 5.74) is 7.94. The van der Waals surface area contributed by atoms with E-state index >= 15 is 0 Å². The minimum absolute atomic E-state index is 0.565. The van der Waals surface area contributed by atoms with E-state index in [0.717, 1.165) is 23.9 Å². The highest BCUT2D eigenvalue weighted by atomic mass is 16.5. The SMILES string of the molecule is CCOc1cc(N)cc(N2CCCC(C)C2C)c1. The van der Waals surface area contributed by atoms with Crippen LogP contribution in [0.25, 0.3) is 0 Å². The molecule has 18 heavy (non-hydrogen) atoms. The lowest BCUT2D eigenvalue weighted by Gasteiger charge is -2.39. The Morgan fingerprint density at radius 2 is 2.11 bits per heavy atom. The van der Waals surface area contributed by atoms with Gasteiger partial charge in [-0.2, -0.15) is 0 Å². The summed E-state index contributed by atoms with van der Waals surface area (Å²) in [6.07, 6.45) is 2.57. The number of hydrogen-bond acceptors (Lipinski definition) is 3. The molecule has 1 saturated heterocycles. The van der Waals surface area contributed by atoms with Gasteiger partial charge in [-0.3, -0.25) is 0 Å². The number of hydrogen-bond donors (Lipinski definition) is 1. The molecule has 100 valence electrons. The summed E-state index contributed by atoms with van der Waals surface area (Å²) >= 11 is 0. The van der Waals surface area contributed by atoms with Gasteiger partial charge in [0, 0.05) is 36.1 Å². The third kappa shape index (κ3) is 2.71. The Morgan fingerprint density at radius 1 is 1.33 bits per heavy atom. The van der Waals surface area contributed by atoms with Gasteiger partial charge < -0.3 is 15.4 Å². The molecule has 0 amide bonds. The average molecular weight is 248 g/mol. The maximum Gasteiger partial charge on any atom is 0.123 e. The average Bonchev–Trinajstić information content (AvgIpc) is 2.32. The third-order valence-electron chi connectivity index (χ3n) is 3.93. The molecule has 1 heterocycles. The molecule has 2 N–H and O–H groups in total. The molecule has 2 rings (SSSR count). The summed E-state index contributed by atoms with van der Waals surface area (Å²) in [6, 6.07) is 6.62. The zero-order chi connectivity index (χ0) is 13.1. The van der Waals surface area contributed by atoms with Crippen LogP contribution in [0.1, 0.15) is 33.6 Å². The Hall–Kier alpha value is -1.38. The van der Waals surface area contributed by atoms with Crippen LogP contribution in [0, 0.1) is 5.92 Å². The van der Waals surface area contributed by atoms with Gasteiger partial charge in [0.25, 0.3) is 0 Å². The van der Waals surface area contributed by atoms with Gasteiger partial charge in [-0.05, 0) is 38.7 Å². The summed E-state index contributed by atoms with van der Waals surface area (Å²) in [5.74, 6) is 1.61. The van der Waals surface area contributed by atoms with Crippen molar-refractivity contribution >= 4 is 11.4 Å². The second-order valence-electron chi connectivity index (χ2n) is 5.25. The minimum atomic E-state index is 0.565. The van der Waals surface area contributed by atoms with Crippen molar-refractivity contribution in [2.24, 2.45) is 5.92 Å². The van der Waals surface area contributed by atoms with Gasteiger partial charge in [-0.1, -0.05) is 6.92 Å². The van der Waals surface area contributed by atoms with Crippen LogP contribution >= 0.6 is 0 Å². The predicted molar refractivity (Wildman–Crippen MR) is 77.2 cm³/mol. The normalized spacial score (nSPS) is 24.1. The largest absolute Gasteiger partial charge is 0.494 e. The monoisotopic (exact) mass is 248 g/mol. The molecule has 1 aliphatic rings. The van der Waals surface area contributed by atoms with Crippen LogP contribution < -0.4 is 15.4 Å². The predicted octanol–water partition coefficient (Wildman–Crippen LogP) is 3.29.